The van der Waals surface area contributed by atoms with E-state index in [4.69, 9.17) is 37.4 Å². The van der Waals surface area contributed by atoms with Crippen LogP contribution in [-0.4, -0.2) is 42.2 Å². The summed E-state index contributed by atoms with van der Waals surface area (Å²) in [6, 6.07) is 15.0. The number of anilines is 2. The van der Waals surface area contributed by atoms with Crippen LogP contribution in [0.15, 0.2) is 65.6 Å². The van der Waals surface area contributed by atoms with E-state index >= 15 is 0 Å². The van der Waals surface area contributed by atoms with Crippen LogP contribution in [0.2, 0.25) is 10.0 Å². The predicted octanol–water partition coefficient (Wildman–Crippen LogP) is 4.85. The smallest absolute Gasteiger partial charge is 0.264 e. The lowest BCUT2D eigenvalue weighted by Gasteiger charge is -2.24. The van der Waals surface area contributed by atoms with Crippen molar-refractivity contribution >= 4 is 50.5 Å². The van der Waals surface area contributed by atoms with Crippen LogP contribution in [0.4, 0.5) is 11.4 Å². The Hall–Kier alpha value is -3.14. The topological polar surface area (TPSA) is 94.2 Å². The molecule has 0 radical (unpaired) electrons. The van der Waals surface area contributed by atoms with E-state index in [2.05, 4.69) is 5.32 Å². The third-order valence-corrected chi connectivity index (χ3v) is 7.13. The lowest BCUT2D eigenvalue weighted by atomic mass is 10.2. The van der Waals surface area contributed by atoms with Crippen LogP contribution in [-0.2, 0) is 14.8 Å². The van der Waals surface area contributed by atoms with Crippen LogP contribution in [0.5, 0.6) is 17.2 Å². The Kier molecular flexibility index (Phi) is 8.14. The van der Waals surface area contributed by atoms with E-state index in [-0.39, 0.29) is 22.0 Å². The lowest BCUT2D eigenvalue weighted by molar-refractivity contribution is -0.114. The van der Waals surface area contributed by atoms with Crippen molar-refractivity contribution in [2.24, 2.45) is 0 Å². The minimum Gasteiger partial charge on any atom is -0.497 e. The molecule has 0 unspecified atom stereocenters. The monoisotopic (exact) mass is 524 g/mol. The maximum Gasteiger partial charge on any atom is 0.264 e. The molecule has 0 atom stereocenters. The molecule has 180 valence electrons. The van der Waals surface area contributed by atoms with E-state index in [9.17, 15) is 13.2 Å². The van der Waals surface area contributed by atoms with Crippen molar-refractivity contribution in [2.75, 3.05) is 37.5 Å². The number of nitrogens with zero attached hydrogens (tertiary/aromatic N) is 1. The molecule has 3 rings (SSSR count). The Bertz CT molecular complexity index is 1270. The zero-order valence-corrected chi connectivity index (χ0v) is 20.9. The largest absolute Gasteiger partial charge is 0.497 e. The molecular weight excluding hydrogens is 503 g/mol. The minimum atomic E-state index is -4.12. The molecule has 0 aliphatic rings. The first-order valence-corrected chi connectivity index (χ1v) is 12.0. The number of hydrogen-bond donors (Lipinski definition) is 1. The first-order valence-electron chi connectivity index (χ1n) is 9.83. The van der Waals surface area contributed by atoms with Gasteiger partial charge in [-0.1, -0.05) is 23.2 Å². The predicted molar refractivity (Wildman–Crippen MR) is 132 cm³/mol. The summed E-state index contributed by atoms with van der Waals surface area (Å²) >= 11 is 12.1. The van der Waals surface area contributed by atoms with Gasteiger partial charge in [-0.3, -0.25) is 9.10 Å². The highest BCUT2D eigenvalue weighted by Crippen LogP contribution is 2.36. The number of rotatable bonds is 9. The molecule has 1 N–H and O–H groups in total. The van der Waals surface area contributed by atoms with Crippen molar-refractivity contribution in [2.45, 2.75) is 4.90 Å². The average molecular weight is 525 g/mol. The molecular formula is C23H22Cl2N2O6S. The number of carbonyl (C=O) groups is 1. The molecule has 3 aromatic carbocycles. The fourth-order valence-corrected chi connectivity index (χ4v) is 4.85. The van der Waals surface area contributed by atoms with E-state index < -0.39 is 22.5 Å². The van der Waals surface area contributed by atoms with E-state index in [1.807, 2.05) is 0 Å². The number of benzene rings is 3. The number of halogens is 2. The lowest BCUT2D eigenvalue weighted by Crippen LogP contribution is -2.38. The quantitative estimate of drug-likeness (QED) is 0.429. The van der Waals surface area contributed by atoms with Crippen molar-refractivity contribution in [3.8, 4) is 17.2 Å². The molecule has 34 heavy (non-hydrogen) atoms. The van der Waals surface area contributed by atoms with Gasteiger partial charge in [-0.25, -0.2) is 8.42 Å². The fraction of sp³-hybridized carbons (Fsp3) is 0.174. The molecule has 0 heterocycles. The zero-order valence-electron chi connectivity index (χ0n) is 18.5. The van der Waals surface area contributed by atoms with Crippen LogP contribution in [0.1, 0.15) is 0 Å². The SMILES string of the molecule is COc1ccc(S(=O)(=O)N(CC(=O)Nc2cc(OC)c(Cl)cc2OC)c2ccc(Cl)cc2)cc1. The van der Waals surface area contributed by atoms with Crippen molar-refractivity contribution < 1.29 is 27.4 Å². The zero-order chi connectivity index (χ0) is 24.9. The number of sulfonamides is 1. The normalized spacial score (nSPS) is 11.0. The van der Waals surface area contributed by atoms with Gasteiger partial charge in [0.1, 0.15) is 23.8 Å². The Balaban J connectivity index is 1.96. The third-order valence-electron chi connectivity index (χ3n) is 4.80. The van der Waals surface area contributed by atoms with E-state index in [1.54, 1.807) is 12.1 Å². The van der Waals surface area contributed by atoms with E-state index in [0.717, 1.165) is 4.31 Å². The number of ether oxygens (including phenoxy) is 3. The minimum absolute atomic E-state index is 0.0122. The Morgan fingerprint density at radius 2 is 1.50 bits per heavy atom. The molecule has 0 aliphatic carbocycles. The van der Waals surface area contributed by atoms with E-state index in [0.29, 0.717) is 21.5 Å². The molecule has 0 aliphatic heterocycles. The van der Waals surface area contributed by atoms with Crippen molar-refractivity contribution in [3.63, 3.8) is 0 Å². The third kappa shape index (κ3) is 5.67. The molecule has 0 bridgehead atoms. The highest BCUT2D eigenvalue weighted by molar-refractivity contribution is 7.92. The summed E-state index contributed by atoms with van der Waals surface area (Å²) in [6.07, 6.45) is 0. The second-order valence-corrected chi connectivity index (χ2v) is 9.60. The molecule has 3 aromatic rings. The van der Waals surface area contributed by atoms with Gasteiger partial charge < -0.3 is 19.5 Å². The molecule has 0 saturated heterocycles. The summed E-state index contributed by atoms with van der Waals surface area (Å²) in [7, 11) is 0.214. The molecule has 0 aromatic heterocycles. The number of hydrogen-bond acceptors (Lipinski definition) is 6. The first-order chi connectivity index (χ1) is 16.2. The summed E-state index contributed by atoms with van der Waals surface area (Å²) in [5, 5.41) is 3.38. The van der Waals surface area contributed by atoms with Crippen LogP contribution >= 0.6 is 23.2 Å². The van der Waals surface area contributed by atoms with Gasteiger partial charge in [0.05, 0.1) is 42.6 Å². The second-order valence-electron chi connectivity index (χ2n) is 6.90. The standard InChI is InChI=1S/C23H22Cl2N2O6S/c1-31-17-8-10-18(11-9-17)34(29,30)27(16-6-4-15(24)5-7-16)14-23(28)26-20-13-21(32-2)19(25)12-22(20)33-3/h4-13H,14H2,1-3H3,(H,26,28). The Morgan fingerprint density at radius 1 is 0.882 bits per heavy atom. The molecule has 0 fully saturated rings. The Morgan fingerprint density at radius 3 is 2.06 bits per heavy atom. The van der Waals surface area contributed by atoms with Gasteiger partial charge in [-0.15, -0.1) is 0 Å². The first kappa shape index (κ1) is 25.5. The van der Waals surface area contributed by atoms with Gasteiger partial charge in [-0.2, -0.15) is 0 Å². The summed E-state index contributed by atoms with van der Waals surface area (Å²) in [5.41, 5.74) is 0.530. The maximum absolute atomic E-state index is 13.5. The van der Waals surface area contributed by atoms with Crippen LogP contribution in [0.25, 0.3) is 0 Å². The van der Waals surface area contributed by atoms with E-state index in [1.165, 1.54) is 69.9 Å². The molecule has 0 spiro atoms. The molecule has 11 heteroatoms. The maximum atomic E-state index is 13.5. The Labute approximate surface area is 208 Å². The summed E-state index contributed by atoms with van der Waals surface area (Å²) in [4.78, 5) is 13.0. The van der Waals surface area contributed by atoms with Crippen molar-refractivity contribution in [3.05, 3.63) is 70.7 Å². The van der Waals surface area contributed by atoms with Gasteiger partial charge in [-0.05, 0) is 48.5 Å². The number of nitrogens with one attached hydrogen (secondary N) is 1. The van der Waals surface area contributed by atoms with Gasteiger partial charge in [0.15, 0.2) is 0 Å². The molecule has 8 nitrogen and oxygen atoms in total. The second kappa shape index (κ2) is 10.9. The number of amides is 1. The highest BCUT2D eigenvalue weighted by atomic mass is 35.5. The van der Waals surface area contributed by atoms with Crippen LogP contribution < -0.4 is 23.8 Å². The highest BCUT2D eigenvalue weighted by Gasteiger charge is 2.28. The summed E-state index contributed by atoms with van der Waals surface area (Å²) in [5.74, 6) is 0.488. The van der Waals surface area contributed by atoms with Gasteiger partial charge in [0, 0.05) is 17.2 Å². The van der Waals surface area contributed by atoms with Crippen molar-refractivity contribution in [1.82, 2.24) is 0 Å². The molecule has 1 amide bonds. The molecule has 0 saturated carbocycles. The van der Waals surface area contributed by atoms with Gasteiger partial charge >= 0.3 is 0 Å². The number of methoxy groups -OCH3 is 3. The average Bonchev–Trinajstić information content (AvgIpc) is 2.84. The van der Waals surface area contributed by atoms with Gasteiger partial charge in [0.2, 0.25) is 5.91 Å². The van der Waals surface area contributed by atoms with Crippen LogP contribution in [0.3, 0.4) is 0 Å². The van der Waals surface area contributed by atoms with Gasteiger partial charge in [0.25, 0.3) is 10.0 Å². The fourth-order valence-electron chi connectivity index (χ4n) is 3.08. The summed E-state index contributed by atoms with van der Waals surface area (Å²) in [6.45, 7) is -0.524. The van der Waals surface area contributed by atoms with Crippen LogP contribution in [0, 0.1) is 0 Å². The van der Waals surface area contributed by atoms with Crippen molar-refractivity contribution in [1.29, 1.82) is 0 Å². The summed E-state index contributed by atoms with van der Waals surface area (Å²) < 4.78 is 43.5. The number of carbonyl (C=O) groups excluding carboxylic acids is 1.